The van der Waals surface area contributed by atoms with Gasteiger partial charge in [-0.3, -0.25) is 14.4 Å². The molecule has 1 aliphatic rings. The van der Waals surface area contributed by atoms with Crippen molar-refractivity contribution in [3.05, 3.63) is 162 Å². The number of β-lactam (4-membered cyclic amide) rings is 1. The third-order valence-corrected chi connectivity index (χ3v) is 14.6. The van der Waals surface area contributed by atoms with Crippen LogP contribution < -0.4 is 15.0 Å². The second-order valence-electron chi connectivity index (χ2n) is 17.9. The van der Waals surface area contributed by atoms with Crippen LogP contribution in [0.2, 0.25) is 0 Å². The molecule has 1 saturated heterocycles. The third-order valence-electron chi connectivity index (χ3n) is 12.3. The van der Waals surface area contributed by atoms with E-state index in [1.165, 1.54) is 75.0 Å². The molecule has 1 unspecified atom stereocenters. The zero-order valence-electron chi connectivity index (χ0n) is 40.8. The van der Waals surface area contributed by atoms with Gasteiger partial charge in [-0.15, -0.1) is 0 Å². The van der Waals surface area contributed by atoms with E-state index in [4.69, 9.17) is 14.2 Å². The van der Waals surface area contributed by atoms with Crippen LogP contribution in [0.25, 0.3) is 22.4 Å². The number of carbonyl (C=O) groups is 4. The zero-order chi connectivity index (χ0) is 52.7. The van der Waals surface area contributed by atoms with Crippen LogP contribution in [0.4, 0.5) is 29.3 Å². The van der Waals surface area contributed by atoms with E-state index in [-0.39, 0.29) is 75.3 Å². The van der Waals surface area contributed by atoms with Crippen LogP contribution >= 0.6 is 21.6 Å². The number of amides is 2. The number of rotatable bonds is 25. The van der Waals surface area contributed by atoms with Crippen molar-refractivity contribution < 1.29 is 61.9 Å². The molecule has 0 radical (unpaired) electrons. The SMILES string of the molecule is CC(C)c1c(C(=O)Nc2ccccc2)c(-c2ccccc2)c(-c2ccc(F)cc2)n1CC[C@@H](O)C[C@@H](O)CC(=O)OCCSSCCOC(=O)Oc1ccc(C2[C@@H](CC[C@H](O)F)C(=O)N2c2ccc(F)cc2)cc1. The Hall–Kier alpha value is -6.57. The van der Waals surface area contributed by atoms with Crippen molar-refractivity contribution in [3.8, 4) is 28.1 Å². The Labute approximate surface area is 435 Å². The number of hydrogen-bond donors (Lipinski definition) is 4. The maximum absolute atomic E-state index is 14.3. The first-order valence-corrected chi connectivity index (χ1v) is 26.7. The van der Waals surface area contributed by atoms with Gasteiger partial charge in [-0.2, -0.15) is 0 Å². The van der Waals surface area contributed by atoms with Crippen LogP contribution in [0.5, 0.6) is 5.75 Å². The van der Waals surface area contributed by atoms with Crippen LogP contribution in [0, 0.1) is 17.6 Å². The summed E-state index contributed by atoms with van der Waals surface area (Å²) >= 11 is 0. The van der Waals surface area contributed by atoms with Crippen LogP contribution in [0.3, 0.4) is 0 Å². The van der Waals surface area contributed by atoms with Gasteiger partial charge in [-0.25, -0.2) is 18.0 Å². The Morgan fingerprint density at radius 2 is 1.34 bits per heavy atom. The molecule has 1 aromatic heterocycles. The van der Waals surface area contributed by atoms with E-state index in [1.54, 1.807) is 36.4 Å². The van der Waals surface area contributed by atoms with Gasteiger partial charge in [0.2, 0.25) is 5.91 Å². The summed E-state index contributed by atoms with van der Waals surface area (Å²) in [6.07, 6.45) is -5.63. The monoisotopic (exact) mass is 1050 g/mol. The van der Waals surface area contributed by atoms with Crippen LogP contribution in [0.1, 0.15) is 79.5 Å². The number of esters is 1. The molecule has 13 nitrogen and oxygen atoms in total. The topological polar surface area (TPSA) is 177 Å². The summed E-state index contributed by atoms with van der Waals surface area (Å²) in [4.78, 5) is 53.9. The van der Waals surface area contributed by atoms with E-state index >= 15 is 0 Å². The quantitative estimate of drug-likeness (QED) is 0.0141. The lowest BCUT2D eigenvalue weighted by Gasteiger charge is -2.47. The standard InChI is InChI=1S/C56H58F3N3O10S2/c1-35(2)51-50(54(67)60-41-11-7-4-8-12-41)49(36-9-5-3-6-10-36)53(38-13-17-39(57)18-14-38)61(51)28-27-43(63)33-44(64)34-48(66)70-29-31-73-74-32-30-71-56(69)72-45-23-15-37(16-24-45)52-46(25-26-47(59)65)55(68)62(52)42-21-19-40(58)20-22-42/h3-24,35,43-44,46-47,52,63-65H,25-34H2,1-2H3,(H,60,67)/t43-,44-,46-,47+,52?/m1/s1. The summed E-state index contributed by atoms with van der Waals surface area (Å²) in [5.74, 6) is -1.90. The minimum Gasteiger partial charge on any atom is -0.465 e. The van der Waals surface area contributed by atoms with Crippen LogP contribution in [-0.2, 0) is 25.6 Å². The van der Waals surface area contributed by atoms with E-state index in [9.17, 15) is 47.7 Å². The highest BCUT2D eigenvalue weighted by Gasteiger charge is 2.48. The molecule has 0 aliphatic carbocycles. The summed E-state index contributed by atoms with van der Waals surface area (Å²) in [5, 5.41) is 34.3. The van der Waals surface area contributed by atoms with Gasteiger partial charge >= 0.3 is 12.1 Å². The first-order valence-electron chi connectivity index (χ1n) is 24.2. The number of halogens is 3. The average molecular weight is 1050 g/mol. The number of alkyl halides is 1. The lowest BCUT2D eigenvalue weighted by Crippen LogP contribution is -2.55. The highest BCUT2D eigenvalue weighted by molar-refractivity contribution is 8.76. The number of aliphatic hydroxyl groups excluding tert-OH is 3. The predicted octanol–water partition coefficient (Wildman–Crippen LogP) is 11.3. The first-order chi connectivity index (χ1) is 35.7. The highest BCUT2D eigenvalue weighted by Crippen LogP contribution is 2.46. The first kappa shape index (κ1) is 55.2. The number of ether oxygens (including phenoxy) is 3. The third kappa shape index (κ3) is 14.6. The maximum atomic E-state index is 14.3. The lowest BCUT2D eigenvalue weighted by atomic mass is 9.79. The van der Waals surface area contributed by atoms with E-state index in [0.717, 1.165) is 5.56 Å². The lowest BCUT2D eigenvalue weighted by molar-refractivity contribution is -0.145. The van der Waals surface area contributed by atoms with Gasteiger partial charge in [0.15, 0.2) is 6.36 Å². The minimum absolute atomic E-state index is 0.0252. The van der Waals surface area contributed by atoms with Crippen LogP contribution in [0.15, 0.2) is 133 Å². The fourth-order valence-electron chi connectivity index (χ4n) is 9.00. The summed E-state index contributed by atoms with van der Waals surface area (Å²) in [5.41, 5.74) is 5.71. The Kier molecular flexibility index (Phi) is 19.8. The molecule has 1 aliphatic heterocycles. The minimum atomic E-state index is -2.06. The fourth-order valence-corrected chi connectivity index (χ4v) is 10.6. The largest absolute Gasteiger partial charge is 0.513 e. The molecule has 390 valence electrons. The molecule has 0 saturated carbocycles. The predicted molar refractivity (Wildman–Crippen MR) is 280 cm³/mol. The molecule has 6 aromatic rings. The number of nitrogens with zero attached hydrogens (tertiary/aromatic N) is 2. The van der Waals surface area contributed by atoms with Crippen molar-refractivity contribution in [1.29, 1.82) is 0 Å². The second-order valence-corrected chi connectivity index (χ2v) is 20.6. The molecule has 0 spiro atoms. The summed E-state index contributed by atoms with van der Waals surface area (Å²) < 4.78 is 59.0. The van der Waals surface area contributed by atoms with Crippen molar-refractivity contribution in [2.45, 2.75) is 83.0 Å². The molecule has 5 aromatic carbocycles. The summed E-state index contributed by atoms with van der Waals surface area (Å²) in [6.45, 7) is 4.28. The van der Waals surface area contributed by atoms with E-state index in [2.05, 4.69) is 5.32 Å². The molecule has 7 rings (SSSR count). The zero-order valence-corrected chi connectivity index (χ0v) is 42.4. The molecule has 2 amide bonds. The fraction of sp³-hybridized carbons (Fsp3) is 0.321. The molecule has 2 heterocycles. The van der Waals surface area contributed by atoms with Crippen molar-refractivity contribution >= 4 is 56.9 Å². The molecular weight excluding hydrogens is 996 g/mol. The van der Waals surface area contributed by atoms with E-state index in [1.807, 2.05) is 66.9 Å². The Morgan fingerprint density at radius 1 is 0.730 bits per heavy atom. The Balaban J connectivity index is 0.847. The smallest absolute Gasteiger partial charge is 0.465 e. The molecule has 1 fully saturated rings. The number of carbonyl (C=O) groups excluding carboxylic acids is 4. The molecule has 74 heavy (non-hydrogen) atoms. The molecule has 4 N–H and O–H groups in total. The Morgan fingerprint density at radius 3 is 1.96 bits per heavy atom. The molecular formula is C56H58F3N3O10S2. The van der Waals surface area contributed by atoms with Gasteiger partial charge in [0.25, 0.3) is 5.91 Å². The number of benzene rings is 5. The van der Waals surface area contributed by atoms with Gasteiger partial charge < -0.3 is 44.3 Å². The van der Waals surface area contributed by atoms with Crippen LogP contribution in [-0.4, -0.2) is 87.1 Å². The molecule has 0 bridgehead atoms. The van der Waals surface area contributed by atoms with Crippen molar-refractivity contribution in [3.63, 3.8) is 0 Å². The molecule has 18 heteroatoms. The van der Waals surface area contributed by atoms with Crippen molar-refractivity contribution in [2.75, 3.05) is 34.9 Å². The summed E-state index contributed by atoms with van der Waals surface area (Å²) in [7, 11) is 2.77. The van der Waals surface area contributed by atoms with E-state index in [0.29, 0.717) is 56.5 Å². The number of aliphatic hydroxyl groups is 3. The number of hydrogen-bond acceptors (Lipinski definition) is 12. The van der Waals surface area contributed by atoms with Gasteiger partial charge in [0.1, 0.15) is 30.6 Å². The summed E-state index contributed by atoms with van der Waals surface area (Å²) in [6, 6.07) is 36.0. The molecule has 5 atom stereocenters. The second kappa shape index (κ2) is 26.6. The van der Waals surface area contributed by atoms with Gasteiger partial charge in [-0.05, 0) is 115 Å². The van der Waals surface area contributed by atoms with Crippen molar-refractivity contribution in [1.82, 2.24) is 4.57 Å². The van der Waals surface area contributed by atoms with E-state index < -0.39 is 54.3 Å². The highest BCUT2D eigenvalue weighted by atomic mass is 33.1. The average Bonchev–Trinajstić information content (AvgIpc) is 3.73. The number of para-hydroxylation sites is 1. The van der Waals surface area contributed by atoms with Gasteiger partial charge in [-0.1, -0.05) is 96.1 Å². The maximum Gasteiger partial charge on any atom is 0.513 e. The number of nitrogens with one attached hydrogen (secondary N) is 1. The van der Waals surface area contributed by atoms with Crippen molar-refractivity contribution in [2.24, 2.45) is 5.92 Å². The van der Waals surface area contributed by atoms with Gasteiger partial charge in [0, 0.05) is 47.1 Å². The Bertz CT molecular complexity index is 2800. The number of anilines is 2. The normalized spacial score (nSPS) is 15.5. The number of aromatic nitrogens is 1. The van der Waals surface area contributed by atoms with Gasteiger partial charge in [0.05, 0.1) is 41.8 Å².